The topological polar surface area (TPSA) is 66.8 Å². The Kier molecular flexibility index (Phi) is 4.82. The first-order valence-corrected chi connectivity index (χ1v) is 10.5. The minimum Gasteiger partial charge on any atom is -0.362 e. The molecule has 0 atom stereocenters. The van der Waals surface area contributed by atoms with Gasteiger partial charge in [-0.15, -0.1) is 10.2 Å². The lowest BCUT2D eigenvalue weighted by atomic mass is 10.00. The van der Waals surface area contributed by atoms with E-state index in [2.05, 4.69) is 31.6 Å². The Morgan fingerprint density at radius 2 is 1.96 bits per heavy atom. The summed E-state index contributed by atoms with van der Waals surface area (Å²) in [6, 6.07) is 2.44. The molecule has 4 rings (SSSR count). The average molecular weight is 374 g/mol. The van der Waals surface area contributed by atoms with Crippen molar-refractivity contribution in [3.05, 3.63) is 23.0 Å². The molecule has 2 aromatic rings. The van der Waals surface area contributed by atoms with Crippen LogP contribution in [0.4, 0.5) is 5.95 Å². The fourth-order valence-corrected chi connectivity index (χ4v) is 4.55. The molecule has 0 aromatic carbocycles. The second-order valence-corrected chi connectivity index (χ2v) is 8.70. The monoisotopic (exact) mass is 373 g/mol. The van der Waals surface area contributed by atoms with Crippen LogP contribution in [0.2, 0.25) is 0 Å². The normalized spacial score (nSPS) is 18.5. The molecule has 2 fully saturated rings. The number of H-pyrrole nitrogens is 1. The number of ketones is 1. The standard InChI is InChI=1S/C19H27N5OS/c1-12-6-8-23(9-7-12)18-21-22-19(24(18)15-4-5-15)26-11-17(25)16-10-13(2)20-14(16)3/h10,12,15,20H,4-9,11H2,1-3H3. The lowest BCUT2D eigenvalue weighted by molar-refractivity contribution is 0.102. The van der Waals surface area contributed by atoms with E-state index in [9.17, 15) is 4.79 Å². The first-order chi connectivity index (χ1) is 12.5. The number of anilines is 1. The SMILES string of the molecule is Cc1cc(C(=O)CSc2nnc(N3CCC(C)CC3)n2C2CC2)c(C)[nH]1. The zero-order valence-corrected chi connectivity index (χ0v) is 16.6. The number of rotatable bonds is 6. The molecule has 140 valence electrons. The summed E-state index contributed by atoms with van der Waals surface area (Å²) in [6.07, 6.45) is 4.80. The molecule has 7 heteroatoms. The molecule has 0 spiro atoms. The zero-order chi connectivity index (χ0) is 18.3. The predicted octanol–water partition coefficient (Wildman–Crippen LogP) is 3.77. The van der Waals surface area contributed by atoms with E-state index in [-0.39, 0.29) is 5.78 Å². The number of thioether (sulfide) groups is 1. The second kappa shape index (κ2) is 7.10. The summed E-state index contributed by atoms with van der Waals surface area (Å²) in [5.74, 6) is 2.35. The quantitative estimate of drug-likeness (QED) is 0.617. The van der Waals surface area contributed by atoms with Gasteiger partial charge in [-0.05, 0) is 51.5 Å². The van der Waals surface area contributed by atoms with Crippen LogP contribution in [0, 0.1) is 19.8 Å². The number of nitrogens with one attached hydrogen (secondary N) is 1. The molecule has 0 amide bonds. The maximum atomic E-state index is 12.6. The highest BCUT2D eigenvalue weighted by Gasteiger charge is 2.32. The highest BCUT2D eigenvalue weighted by atomic mass is 32.2. The van der Waals surface area contributed by atoms with E-state index in [1.165, 1.54) is 37.4 Å². The van der Waals surface area contributed by atoms with Crippen molar-refractivity contribution in [2.45, 2.75) is 57.7 Å². The molecule has 6 nitrogen and oxygen atoms in total. The van der Waals surface area contributed by atoms with Crippen molar-refractivity contribution in [3.63, 3.8) is 0 Å². The Bertz CT molecular complexity index is 799. The van der Waals surface area contributed by atoms with Gasteiger partial charge in [0.05, 0.1) is 5.75 Å². The number of piperidine rings is 1. The van der Waals surface area contributed by atoms with E-state index in [1.54, 1.807) is 0 Å². The molecule has 1 aliphatic carbocycles. The van der Waals surface area contributed by atoms with E-state index in [4.69, 9.17) is 0 Å². The minimum atomic E-state index is 0.149. The molecule has 1 N–H and O–H groups in total. The number of carbonyl (C=O) groups is 1. The molecule has 2 aromatic heterocycles. The van der Waals surface area contributed by atoms with E-state index in [0.29, 0.717) is 11.8 Å². The largest absolute Gasteiger partial charge is 0.362 e. The van der Waals surface area contributed by atoms with Crippen LogP contribution in [-0.4, -0.2) is 44.4 Å². The van der Waals surface area contributed by atoms with Gasteiger partial charge in [0.15, 0.2) is 10.9 Å². The fourth-order valence-electron chi connectivity index (χ4n) is 3.67. The second-order valence-electron chi connectivity index (χ2n) is 7.76. The molecule has 0 unspecified atom stereocenters. The highest BCUT2D eigenvalue weighted by molar-refractivity contribution is 7.99. The van der Waals surface area contributed by atoms with Crippen molar-refractivity contribution in [2.75, 3.05) is 23.7 Å². The van der Waals surface area contributed by atoms with E-state index >= 15 is 0 Å². The first kappa shape index (κ1) is 17.6. The Morgan fingerprint density at radius 3 is 2.58 bits per heavy atom. The third kappa shape index (κ3) is 3.54. The van der Waals surface area contributed by atoms with Crippen molar-refractivity contribution in [1.82, 2.24) is 19.7 Å². The summed E-state index contributed by atoms with van der Waals surface area (Å²) in [4.78, 5) is 18.2. The number of aryl methyl sites for hydroxylation is 2. The Balaban J connectivity index is 1.48. The average Bonchev–Trinajstić information content (AvgIpc) is 3.28. The Labute approximate surface area is 158 Å². The van der Waals surface area contributed by atoms with Crippen molar-refractivity contribution in [1.29, 1.82) is 0 Å². The lowest BCUT2D eigenvalue weighted by Crippen LogP contribution is -2.34. The van der Waals surface area contributed by atoms with Crippen LogP contribution in [0.15, 0.2) is 11.2 Å². The molecule has 2 aliphatic rings. The van der Waals surface area contributed by atoms with Crippen LogP contribution >= 0.6 is 11.8 Å². The van der Waals surface area contributed by atoms with Crippen LogP contribution < -0.4 is 4.90 Å². The minimum absolute atomic E-state index is 0.149. The van der Waals surface area contributed by atoms with Gasteiger partial charge >= 0.3 is 0 Å². The zero-order valence-electron chi connectivity index (χ0n) is 15.8. The lowest BCUT2D eigenvalue weighted by Gasteiger charge is -2.31. The predicted molar refractivity (Wildman–Crippen MR) is 104 cm³/mol. The van der Waals surface area contributed by atoms with Crippen molar-refractivity contribution < 1.29 is 4.79 Å². The summed E-state index contributed by atoms with van der Waals surface area (Å²) in [6.45, 7) is 8.36. The molecule has 3 heterocycles. The molecule has 0 bridgehead atoms. The van der Waals surface area contributed by atoms with Crippen molar-refractivity contribution in [3.8, 4) is 0 Å². The van der Waals surface area contributed by atoms with E-state index in [0.717, 1.165) is 47.1 Å². The van der Waals surface area contributed by atoms with Gasteiger partial charge < -0.3 is 9.88 Å². The number of aromatic amines is 1. The van der Waals surface area contributed by atoms with Crippen LogP contribution in [0.1, 0.15) is 60.4 Å². The fraction of sp³-hybridized carbons (Fsp3) is 0.632. The van der Waals surface area contributed by atoms with Gasteiger partial charge in [0.25, 0.3) is 0 Å². The van der Waals surface area contributed by atoms with Gasteiger partial charge in [0, 0.05) is 36.1 Å². The summed E-state index contributed by atoms with van der Waals surface area (Å²) in [5.41, 5.74) is 2.76. The van der Waals surface area contributed by atoms with E-state index in [1.807, 2.05) is 19.9 Å². The molecular formula is C19H27N5OS. The number of carbonyl (C=O) groups excluding carboxylic acids is 1. The molecule has 1 saturated carbocycles. The smallest absolute Gasteiger partial charge is 0.228 e. The molecule has 1 aliphatic heterocycles. The van der Waals surface area contributed by atoms with Gasteiger partial charge in [0.2, 0.25) is 5.95 Å². The Hall–Kier alpha value is -1.76. The summed E-state index contributed by atoms with van der Waals surface area (Å²) in [7, 11) is 0. The maximum Gasteiger partial charge on any atom is 0.228 e. The van der Waals surface area contributed by atoms with Gasteiger partial charge in [-0.3, -0.25) is 9.36 Å². The maximum absolute atomic E-state index is 12.6. The molecular weight excluding hydrogens is 346 g/mol. The number of hydrogen-bond acceptors (Lipinski definition) is 5. The highest BCUT2D eigenvalue weighted by Crippen LogP contribution is 2.41. The van der Waals surface area contributed by atoms with Gasteiger partial charge in [-0.2, -0.15) is 0 Å². The molecule has 1 saturated heterocycles. The van der Waals surface area contributed by atoms with Crippen LogP contribution in [-0.2, 0) is 0 Å². The van der Waals surface area contributed by atoms with Gasteiger partial charge in [-0.25, -0.2) is 0 Å². The third-order valence-corrected chi connectivity index (χ3v) is 6.35. The number of Topliss-reactive ketones (excluding diaryl/α,β-unsaturated/α-hetero) is 1. The van der Waals surface area contributed by atoms with Gasteiger partial charge in [0.1, 0.15) is 0 Å². The number of nitrogens with zero attached hydrogens (tertiary/aromatic N) is 4. The first-order valence-electron chi connectivity index (χ1n) is 9.55. The van der Waals surface area contributed by atoms with Crippen molar-refractivity contribution >= 4 is 23.5 Å². The van der Waals surface area contributed by atoms with Gasteiger partial charge in [-0.1, -0.05) is 18.7 Å². The Morgan fingerprint density at radius 1 is 1.23 bits per heavy atom. The third-order valence-electron chi connectivity index (χ3n) is 5.41. The van der Waals surface area contributed by atoms with Crippen LogP contribution in [0.25, 0.3) is 0 Å². The van der Waals surface area contributed by atoms with Crippen molar-refractivity contribution in [2.24, 2.45) is 5.92 Å². The van der Waals surface area contributed by atoms with Crippen LogP contribution in [0.5, 0.6) is 0 Å². The summed E-state index contributed by atoms with van der Waals surface area (Å²) in [5, 5.41) is 9.83. The van der Waals surface area contributed by atoms with Crippen LogP contribution in [0.3, 0.4) is 0 Å². The molecule has 26 heavy (non-hydrogen) atoms. The van der Waals surface area contributed by atoms with E-state index < -0.39 is 0 Å². The summed E-state index contributed by atoms with van der Waals surface area (Å²) >= 11 is 1.52. The molecule has 0 radical (unpaired) electrons. The number of aromatic nitrogens is 4. The summed E-state index contributed by atoms with van der Waals surface area (Å²) < 4.78 is 2.28. The number of hydrogen-bond donors (Lipinski definition) is 1.